The molecule has 6 nitrogen and oxygen atoms in total. The first-order valence-corrected chi connectivity index (χ1v) is 6.64. The smallest absolute Gasteiger partial charge is 0.322 e. The van der Waals surface area contributed by atoms with Crippen LogP contribution in [0.1, 0.15) is 16.7 Å². The molecule has 116 valence electrons. The van der Waals surface area contributed by atoms with Gasteiger partial charge >= 0.3 is 5.97 Å². The molecular weight excluding hydrogens is 272 g/mol. The second kappa shape index (κ2) is 7.64. The first-order valence-electron chi connectivity index (χ1n) is 6.64. The molecule has 1 rings (SSSR count). The Hall–Kier alpha value is -2.08. The predicted octanol–water partition coefficient (Wildman–Crippen LogP) is 0.945. The van der Waals surface area contributed by atoms with Gasteiger partial charge in [-0.1, -0.05) is 12.1 Å². The van der Waals surface area contributed by atoms with E-state index in [4.69, 9.17) is 9.84 Å². The third kappa shape index (κ3) is 5.43. The number of hydrogen-bond acceptors (Lipinski definition) is 4. The van der Waals surface area contributed by atoms with Crippen molar-refractivity contribution in [3.8, 4) is 5.75 Å². The lowest BCUT2D eigenvalue weighted by molar-refractivity contribution is -0.138. The van der Waals surface area contributed by atoms with Gasteiger partial charge in [0.2, 0.25) is 5.91 Å². The number of carbonyl (C=O) groups is 2. The fourth-order valence-corrected chi connectivity index (χ4v) is 2.30. The topological polar surface area (TPSA) is 78.9 Å². The Morgan fingerprint density at radius 2 is 1.86 bits per heavy atom. The van der Waals surface area contributed by atoms with E-state index in [1.165, 1.54) is 0 Å². The van der Waals surface area contributed by atoms with Crippen molar-refractivity contribution in [2.75, 3.05) is 27.2 Å². The number of rotatable bonds is 7. The molecule has 0 saturated carbocycles. The summed E-state index contributed by atoms with van der Waals surface area (Å²) in [5.41, 5.74) is 3.19. The van der Waals surface area contributed by atoms with Gasteiger partial charge in [0.15, 0.2) is 0 Å². The number of aryl methyl sites for hydroxylation is 2. The number of carboxylic acids is 1. The van der Waals surface area contributed by atoms with Crippen molar-refractivity contribution in [3.63, 3.8) is 0 Å². The molecule has 1 aromatic rings. The molecule has 0 heterocycles. The first-order chi connectivity index (χ1) is 9.83. The first kappa shape index (κ1) is 17.0. The molecule has 0 bridgehead atoms. The lowest BCUT2D eigenvalue weighted by Crippen LogP contribution is -2.37. The highest BCUT2D eigenvalue weighted by molar-refractivity contribution is 5.82. The maximum Gasteiger partial charge on any atom is 0.322 e. The summed E-state index contributed by atoms with van der Waals surface area (Å²) >= 11 is 0. The lowest BCUT2D eigenvalue weighted by atomic mass is 10.1. The predicted molar refractivity (Wildman–Crippen MR) is 79.4 cm³/mol. The molecule has 21 heavy (non-hydrogen) atoms. The van der Waals surface area contributed by atoms with Crippen LogP contribution in [-0.4, -0.2) is 49.1 Å². The van der Waals surface area contributed by atoms with Gasteiger partial charge in [-0.3, -0.25) is 14.5 Å². The van der Waals surface area contributed by atoms with E-state index >= 15 is 0 Å². The van der Waals surface area contributed by atoms with E-state index in [9.17, 15) is 9.59 Å². The molecule has 1 aromatic carbocycles. The Balaban J connectivity index is 2.61. The highest BCUT2D eigenvalue weighted by Crippen LogP contribution is 2.24. The molecule has 0 unspecified atom stereocenters. The van der Waals surface area contributed by atoms with E-state index in [2.05, 4.69) is 5.32 Å². The van der Waals surface area contributed by atoms with Crippen molar-refractivity contribution in [3.05, 3.63) is 28.8 Å². The number of methoxy groups -OCH3 is 1. The van der Waals surface area contributed by atoms with Gasteiger partial charge in [0, 0.05) is 6.54 Å². The minimum absolute atomic E-state index is 0.150. The SMILES string of the molecule is COc1c(C)cc(CN(C)CC(=O)NCC(=O)O)cc1C. The van der Waals surface area contributed by atoms with Gasteiger partial charge in [-0.25, -0.2) is 0 Å². The highest BCUT2D eigenvalue weighted by Gasteiger charge is 2.10. The number of amides is 1. The zero-order chi connectivity index (χ0) is 16.0. The van der Waals surface area contributed by atoms with E-state index < -0.39 is 5.97 Å². The van der Waals surface area contributed by atoms with Crippen molar-refractivity contribution in [2.24, 2.45) is 0 Å². The van der Waals surface area contributed by atoms with Gasteiger partial charge in [-0.05, 0) is 37.6 Å². The Labute approximate surface area is 124 Å². The number of ether oxygens (including phenoxy) is 1. The second-order valence-electron chi connectivity index (χ2n) is 5.11. The maximum absolute atomic E-state index is 11.5. The van der Waals surface area contributed by atoms with Crippen LogP contribution in [0.15, 0.2) is 12.1 Å². The number of hydrogen-bond donors (Lipinski definition) is 2. The largest absolute Gasteiger partial charge is 0.496 e. The second-order valence-corrected chi connectivity index (χ2v) is 5.11. The Kier molecular flexibility index (Phi) is 6.17. The fraction of sp³-hybridized carbons (Fsp3) is 0.467. The van der Waals surface area contributed by atoms with E-state index in [1.54, 1.807) is 7.11 Å². The summed E-state index contributed by atoms with van der Waals surface area (Å²) in [6, 6.07) is 4.05. The third-order valence-electron chi connectivity index (χ3n) is 3.03. The van der Waals surface area contributed by atoms with Crippen molar-refractivity contribution >= 4 is 11.9 Å². The Morgan fingerprint density at radius 3 is 2.33 bits per heavy atom. The number of nitrogens with one attached hydrogen (secondary N) is 1. The number of aliphatic carboxylic acids is 1. The van der Waals surface area contributed by atoms with Crippen molar-refractivity contribution in [1.82, 2.24) is 10.2 Å². The standard InChI is InChI=1S/C15H22N2O4/c1-10-5-12(6-11(2)15(10)21-4)8-17(3)9-13(18)16-7-14(19)20/h5-6H,7-9H2,1-4H3,(H,16,18)(H,19,20). The van der Waals surface area contributed by atoms with E-state index in [0.717, 1.165) is 22.4 Å². The Morgan fingerprint density at radius 1 is 1.29 bits per heavy atom. The Bertz CT molecular complexity index is 505. The van der Waals surface area contributed by atoms with E-state index in [0.29, 0.717) is 6.54 Å². The van der Waals surface area contributed by atoms with Crippen LogP contribution in [-0.2, 0) is 16.1 Å². The molecule has 0 aliphatic rings. The van der Waals surface area contributed by atoms with Gasteiger partial charge in [-0.2, -0.15) is 0 Å². The fourth-order valence-electron chi connectivity index (χ4n) is 2.30. The summed E-state index contributed by atoms with van der Waals surface area (Å²) in [7, 11) is 3.46. The number of benzene rings is 1. The summed E-state index contributed by atoms with van der Waals surface area (Å²) in [5, 5.41) is 10.8. The summed E-state index contributed by atoms with van der Waals surface area (Å²) in [6.45, 7) is 4.36. The van der Waals surface area contributed by atoms with Gasteiger partial charge in [-0.15, -0.1) is 0 Å². The quantitative estimate of drug-likeness (QED) is 0.782. The maximum atomic E-state index is 11.5. The van der Waals surface area contributed by atoms with Crippen LogP contribution in [0.2, 0.25) is 0 Å². The highest BCUT2D eigenvalue weighted by atomic mass is 16.5. The van der Waals surface area contributed by atoms with Crippen LogP contribution in [0.3, 0.4) is 0 Å². The van der Waals surface area contributed by atoms with Gasteiger partial charge in [0.05, 0.1) is 13.7 Å². The molecule has 0 atom stereocenters. The zero-order valence-corrected chi connectivity index (χ0v) is 12.9. The van der Waals surface area contributed by atoms with Crippen molar-refractivity contribution in [2.45, 2.75) is 20.4 Å². The molecule has 0 spiro atoms. The van der Waals surface area contributed by atoms with Crippen LogP contribution in [0.5, 0.6) is 5.75 Å². The molecule has 0 radical (unpaired) electrons. The summed E-state index contributed by atoms with van der Waals surface area (Å²) < 4.78 is 5.32. The summed E-state index contributed by atoms with van der Waals surface area (Å²) in [5.74, 6) is -0.477. The van der Waals surface area contributed by atoms with Gasteiger partial charge < -0.3 is 15.2 Å². The van der Waals surface area contributed by atoms with Gasteiger partial charge in [0.1, 0.15) is 12.3 Å². The van der Waals surface area contributed by atoms with Crippen LogP contribution in [0.25, 0.3) is 0 Å². The molecule has 0 aromatic heterocycles. The summed E-state index contributed by atoms with van der Waals surface area (Å²) in [4.78, 5) is 23.8. The van der Waals surface area contributed by atoms with Crippen molar-refractivity contribution < 1.29 is 19.4 Å². The van der Waals surface area contributed by atoms with E-state index in [-0.39, 0.29) is 19.0 Å². The molecule has 0 aliphatic carbocycles. The van der Waals surface area contributed by atoms with E-state index in [1.807, 2.05) is 37.9 Å². The van der Waals surface area contributed by atoms with Crippen molar-refractivity contribution in [1.29, 1.82) is 0 Å². The third-order valence-corrected chi connectivity index (χ3v) is 3.03. The van der Waals surface area contributed by atoms with Crippen LogP contribution in [0, 0.1) is 13.8 Å². The van der Waals surface area contributed by atoms with Gasteiger partial charge in [0.25, 0.3) is 0 Å². The average molecular weight is 294 g/mol. The molecule has 0 saturated heterocycles. The molecular formula is C15H22N2O4. The molecule has 6 heteroatoms. The lowest BCUT2D eigenvalue weighted by Gasteiger charge is -2.18. The van der Waals surface area contributed by atoms with Crippen LogP contribution in [0.4, 0.5) is 0 Å². The number of carboxylic acid groups (broad SMARTS) is 1. The van der Waals surface area contributed by atoms with Crippen LogP contribution < -0.4 is 10.1 Å². The number of nitrogens with zero attached hydrogens (tertiary/aromatic N) is 1. The minimum atomic E-state index is -1.05. The average Bonchev–Trinajstić information content (AvgIpc) is 2.35. The summed E-state index contributed by atoms with van der Waals surface area (Å²) in [6.07, 6.45) is 0. The molecule has 0 aliphatic heterocycles. The molecule has 2 N–H and O–H groups in total. The molecule has 1 amide bonds. The molecule has 0 fully saturated rings. The number of likely N-dealkylation sites (N-methyl/N-ethyl adjacent to an activating group) is 1. The number of carbonyl (C=O) groups excluding carboxylic acids is 1. The van der Waals surface area contributed by atoms with Crippen LogP contribution >= 0.6 is 0 Å². The monoisotopic (exact) mass is 294 g/mol. The normalized spacial score (nSPS) is 10.5. The minimum Gasteiger partial charge on any atom is -0.496 e. The zero-order valence-electron chi connectivity index (χ0n) is 12.9.